The standard InChI is InChI=1S/C18H22BrNO3/c1-12(2)8-14(18(21)22)10-20-11-16-6-7-17(23-16)13-4-3-5-15(19)9-13/h3-7,9,12,14,20H,8,10-11H2,1-2H3,(H,21,22). The van der Waals surface area contributed by atoms with E-state index in [4.69, 9.17) is 4.42 Å². The van der Waals surface area contributed by atoms with Gasteiger partial charge in [0.15, 0.2) is 0 Å². The van der Waals surface area contributed by atoms with E-state index in [0.717, 1.165) is 21.6 Å². The van der Waals surface area contributed by atoms with Gasteiger partial charge in [-0.3, -0.25) is 4.79 Å². The Bertz CT molecular complexity index is 651. The summed E-state index contributed by atoms with van der Waals surface area (Å²) < 4.78 is 6.82. The van der Waals surface area contributed by atoms with Gasteiger partial charge in [0.2, 0.25) is 0 Å². The highest BCUT2D eigenvalue weighted by atomic mass is 79.9. The number of nitrogens with one attached hydrogen (secondary N) is 1. The summed E-state index contributed by atoms with van der Waals surface area (Å²) in [5.41, 5.74) is 1.01. The monoisotopic (exact) mass is 379 g/mol. The molecule has 0 radical (unpaired) electrons. The van der Waals surface area contributed by atoms with Gasteiger partial charge in [0.05, 0.1) is 12.5 Å². The Morgan fingerprint density at radius 3 is 2.74 bits per heavy atom. The van der Waals surface area contributed by atoms with Gasteiger partial charge in [0.25, 0.3) is 0 Å². The number of hydrogen-bond acceptors (Lipinski definition) is 3. The maximum absolute atomic E-state index is 11.2. The van der Waals surface area contributed by atoms with Crippen LogP contribution in [0.3, 0.4) is 0 Å². The van der Waals surface area contributed by atoms with Crippen molar-refractivity contribution in [3.63, 3.8) is 0 Å². The number of carboxylic acids is 1. The van der Waals surface area contributed by atoms with Crippen LogP contribution in [0.5, 0.6) is 0 Å². The van der Waals surface area contributed by atoms with Crippen LogP contribution in [0.1, 0.15) is 26.0 Å². The molecule has 1 heterocycles. The third kappa shape index (κ3) is 5.52. The quantitative estimate of drug-likeness (QED) is 0.706. The molecule has 124 valence electrons. The van der Waals surface area contributed by atoms with E-state index in [1.807, 2.05) is 50.2 Å². The second kappa shape index (κ2) is 8.31. The zero-order valence-electron chi connectivity index (χ0n) is 13.4. The van der Waals surface area contributed by atoms with E-state index >= 15 is 0 Å². The van der Waals surface area contributed by atoms with Gasteiger partial charge in [-0.2, -0.15) is 0 Å². The Balaban J connectivity index is 1.91. The summed E-state index contributed by atoms with van der Waals surface area (Å²) in [7, 11) is 0. The van der Waals surface area contributed by atoms with Crippen molar-refractivity contribution in [2.45, 2.75) is 26.8 Å². The molecule has 0 spiro atoms. The summed E-state index contributed by atoms with van der Waals surface area (Å²) in [6.45, 7) is 5.04. The van der Waals surface area contributed by atoms with Crippen LogP contribution in [-0.2, 0) is 11.3 Å². The van der Waals surface area contributed by atoms with Gasteiger partial charge in [-0.15, -0.1) is 0 Å². The molecule has 2 N–H and O–H groups in total. The van der Waals surface area contributed by atoms with Crippen molar-refractivity contribution in [1.82, 2.24) is 5.32 Å². The van der Waals surface area contributed by atoms with Crippen molar-refractivity contribution in [3.8, 4) is 11.3 Å². The fraction of sp³-hybridized carbons (Fsp3) is 0.389. The largest absolute Gasteiger partial charge is 0.481 e. The third-order valence-corrected chi connectivity index (χ3v) is 4.06. The molecule has 0 fully saturated rings. The summed E-state index contributed by atoms with van der Waals surface area (Å²) in [6, 6.07) is 11.8. The molecule has 0 bridgehead atoms. The van der Waals surface area contributed by atoms with Gasteiger partial charge in [-0.1, -0.05) is 41.9 Å². The zero-order chi connectivity index (χ0) is 16.8. The molecule has 0 saturated heterocycles. The van der Waals surface area contributed by atoms with Gasteiger partial charge in [-0.25, -0.2) is 0 Å². The molecule has 0 aliphatic carbocycles. The minimum Gasteiger partial charge on any atom is -0.481 e. The minimum atomic E-state index is -0.750. The van der Waals surface area contributed by atoms with Gasteiger partial charge >= 0.3 is 5.97 Å². The van der Waals surface area contributed by atoms with Crippen LogP contribution in [0.4, 0.5) is 0 Å². The molecule has 0 aliphatic rings. The molecular weight excluding hydrogens is 358 g/mol. The average molecular weight is 380 g/mol. The molecule has 0 saturated carbocycles. The van der Waals surface area contributed by atoms with E-state index < -0.39 is 5.97 Å². The second-order valence-corrected chi connectivity index (χ2v) is 6.99. The molecule has 2 aromatic rings. The molecule has 1 aromatic carbocycles. The Morgan fingerprint density at radius 1 is 1.30 bits per heavy atom. The van der Waals surface area contributed by atoms with Crippen molar-refractivity contribution < 1.29 is 14.3 Å². The number of rotatable bonds is 8. The highest BCUT2D eigenvalue weighted by Gasteiger charge is 2.18. The first kappa shape index (κ1) is 17.8. The average Bonchev–Trinajstić information content (AvgIpc) is 2.94. The number of halogens is 1. The van der Waals surface area contributed by atoms with Crippen LogP contribution in [0.15, 0.2) is 45.3 Å². The number of furan rings is 1. The van der Waals surface area contributed by atoms with Crippen molar-refractivity contribution >= 4 is 21.9 Å². The summed E-state index contributed by atoms with van der Waals surface area (Å²) in [5, 5.41) is 12.4. The number of hydrogen-bond donors (Lipinski definition) is 2. The van der Waals surface area contributed by atoms with Crippen LogP contribution in [0.2, 0.25) is 0 Å². The Hall–Kier alpha value is -1.59. The topological polar surface area (TPSA) is 62.5 Å². The molecule has 4 nitrogen and oxygen atoms in total. The predicted molar refractivity (Wildman–Crippen MR) is 94.1 cm³/mol. The maximum Gasteiger partial charge on any atom is 0.307 e. The predicted octanol–water partition coefficient (Wildman–Crippen LogP) is 4.55. The van der Waals surface area contributed by atoms with E-state index in [2.05, 4.69) is 21.2 Å². The molecule has 0 amide bonds. The lowest BCUT2D eigenvalue weighted by Crippen LogP contribution is -2.29. The van der Waals surface area contributed by atoms with Crippen LogP contribution < -0.4 is 5.32 Å². The Labute approximate surface area is 145 Å². The molecule has 1 unspecified atom stereocenters. The highest BCUT2D eigenvalue weighted by molar-refractivity contribution is 9.10. The normalized spacial score (nSPS) is 12.5. The molecule has 1 atom stereocenters. The summed E-state index contributed by atoms with van der Waals surface area (Å²) >= 11 is 3.45. The van der Waals surface area contributed by atoms with Crippen LogP contribution in [0.25, 0.3) is 11.3 Å². The maximum atomic E-state index is 11.2. The molecule has 1 aromatic heterocycles. The summed E-state index contributed by atoms with van der Waals surface area (Å²) in [6.07, 6.45) is 0.670. The smallest absolute Gasteiger partial charge is 0.307 e. The van der Waals surface area contributed by atoms with Crippen molar-refractivity contribution in [2.75, 3.05) is 6.54 Å². The van der Waals surface area contributed by atoms with Crippen molar-refractivity contribution in [3.05, 3.63) is 46.6 Å². The Kier molecular flexibility index (Phi) is 6.42. The number of carbonyl (C=O) groups is 1. The molecule has 2 rings (SSSR count). The summed E-state index contributed by atoms with van der Waals surface area (Å²) in [4.78, 5) is 11.2. The minimum absolute atomic E-state index is 0.365. The van der Waals surface area contributed by atoms with E-state index in [-0.39, 0.29) is 5.92 Å². The van der Waals surface area contributed by atoms with E-state index in [1.54, 1.807) is 0 Å². The summed E-state index contributed by atoms with van der Waals surface area (Å²) in [5.74, 6) is 0.855. The SMILES string of the molecule is CC(C)CC(CNCc1ccc(-c2cccc(Br)c2)o1)C(=O)O. The first-order valence-corrected chi connectivity index (χ1v) is 8.53. The van der Waals surface area contributed by atoms with Crippen LogP contribution in [-0.4, -0.2) is 17.6 Å². The number of aliphatic carboxylic acids is 1. The first-order chi connectivity index (χ1) is 11.0. The van der Waals surface area contributed by atoms with Crippen LogP contribution in [0, 0.1) is 11.8 Å². The van der Waals surface area contributed by atoms with Gasteiger partial charge in [-0.05, 0) is 36.6 Å². The molecule has 23 heavy (non-hydrogen) atoms. The van der Waals surface area contributed by atoms with Crippen molar-refractivity contribution in [1.29, 1.82) is 0 Å². The lowest BCUT2D eigenvalue weighted by molar-refractivity contribution is -0.142. The van der Waals surface area contributed by atoms with Gasteiger partial charge < -0.3 is 14.8 Å². The molecule has 0 aliphatic heterocycles. The number of benzene rings is 1. The third-order valence-electron chi connectivity index (χ3n) is 3.57. The zero-order valence-corrected chi connectivity index (χ0v) is 15.0. The number of carboxylic acid groups (broad SMARTS) is 1. The van der Waals surface area contributed by atoms with Gasteiger partial charge in [0.1, 0.15) is 11.5 Å². The van der Waals surface area contributed by atoms with Crippen molar-refractivity contribution in [2.24, 2.45) is 11.8 Å². The van der Waals surface area contributed by atoms with E-state index in [0.29, 0.717) is 25.4 Å². The van der Waals surface area contributed by atoms with E-state index in [1.165, 1.54) is 0 Å². The fourth-order valence-corrected chi connectivity index (χ4v) is 2.88. The highest BCUT2D eigenvalue weighted by Crippen LogP contribution is 2.25. The Morgan fingerprint density at radius 2 is 2.09 bits per heavy atom. The molecular formula is C18H22BrNO3. The molecule has 5 heteroatoms. The van der Waals surface area contributed by atoms with Crippen LogP contribution >= 0.6 is 15.9 Å². The van der Waals surface area contributed by atoms with E-state index in [9.17, 15) is 9.90 Å². The lowest BCUT2D eigenvalue weighted by Gasteiger charge is -2.14. The first-order valence-electron chi connectivity index (χ1n) is 7.74. The fourth-order valence-electron chi connectivity index (χ4n) is 2.48. The van der Waals surface area contributed by atoms with Gasteiger partial charge in [0, 0.05) is 16.6 Å². The second-order valence-electron chi connectivity index (χ2n) is 6.07. The lowest BCUT2D eigenvalue weighted by atomic mass is 9.97.